The van der Waals surface area contributed by atoms with E-state index in [1.165, 1.54) is 12.8 Å². The largest absolute Gasteiger partial charge is 0.330 e. The van der Waals surface area contributed by atoms with Crippen molar-refractivity contribution in [1.82, 2.24) is 10.6 Å². The molecule has 0 aliphatic rings. The molecule has 0 aromatic heterocycles. The normalized spacial score (nSPS) is 10.5. The first-order chi connectivity index (χ1) is 5.91. The lowest BCUT2D eigenvalue weighted by Gasteiger charge is -2.04. The van der Waals surface area contributed by atoms with Crippen molar-refractivity contribution in [1.29, 1.82) is 0 Å². The number of nitrogens with two attached hydrogens (primary N) is 1. The Morgan fingerprint density at radius 1 is 0.917 bits per heavy atom. The number of unbranched alkanes of at least 4 members (excludes halogenated alkanes) is 1. The molecular formula is C9H23N3. The predicted octanol–water partition coefficient (Wildman–Crippen LogP) is 0.315. The first kappa shape index (κ1) is 11.9. The van der Waals surface area contributed by atoms with E-state index in [0.29, 0.717) is 0 Å². The molecule has 0 fully saturated rings. The van der Waals surface area contributed by atoms with Crippen LogP contribution in [0.5, 0.6) is 0 Å². The lowest BCUT2D eigenvalue weighted by atomic mass is 10.3. The maximum atomic E-state index is 5.35. The lowest BCUT2D eigenvalue weighted by Crippen LogP contribution is -2.29. The molecule has 4 N–H and O–H groups in total. The van der Waals surface area contributed by atoms with Gasteiger partial charge in [0.2, 0.25) is 0 Å². The molecule has 12 heavy (non-hydrogen) atoms. The minimum atomic E-state index is 0.788. The van der Waals surface area contributed by atoms with Gasteiger partial charge in [-0.25, -0.2) is 0 Å². The van der Waals surface area contributed by atoms with E-state index in [4.69, 9.17) is 5.73 Å². The first-order valence-corrected chi connectivity index (χ1v) is 5.03. The van der Waals surface area contributed by atoms with Gasteiger partial charge in [0.25, 0.3) is 0 Å². The average molecular weight is 173 g/mol. The summed E-state index contributed by atoms with van der Waals surface area (Å²) >= 11 is 0. The van der Waals surface area contributed by atoms with Crippen LogP contribution in [0.15, 0.2) is 0 Å². The molecule has 0 radical (unpaired) electrons. The maximum absolute atomic E-state index is 5.35. The summed E-state index contributed by atoms with van der Waals surface area (Å²) in [5, 5.41) is 6.69. The van der Waals surface area contributed by atoms with Gasteiger partial charge < -0.3 is 16.4 Å². The van der Waals surface area contributed by atoms with Gasteiger partial charge in [0.05, 0.1) is 0 Å². The third-order valence-electron chi connectivity index (χ3n) is 1.74. The third kappa shape index (κ3) is 9.88. The summed E-state index contributed by atoms with van der Waals surface area (Å²) in [7, 11) is 0. The van der Waals surface area contributed by atoms with Crippen LogP contribution < -0.4 is 16.4 Å². The van der Waals surface area contributed by atoms with Crippen molar-refractivity contribution >= 4 is 0 Å². The van der Waals surface area contributed by atoms with E-state index in [-0.39, 0.29) is 0 Å². The fourth-order valence-electron chi connectivity index (χ4n) is 0.956. The van der Waals surface area contributed by atoms with Crippen LogP contribution in [-0.2, 0) is 0 Å². The summed E-state index contributed by atoms with van der Waals surface area (Å²) in [6.07, 6.45) is 3.63. The van der Waals surface area contributed by atoms with Gasteiger partial charge in [-0.15, -0.1) is 0 Å². The molecule has 0 spiro atoms. The molecule has 0 atom stereocenters. The van der Waals surface area contributed by atoms with Crippen LogP contribution in [-0.4, -0.2) is 32.7 Å². The van der Waals surface area contributed by atoms with Crippen molar-refractivity contribution in [3.8, 4) is 0 Å². The molecule has 0 aliphatic carbocycles. The minimum Gasteiger partial charge on any atom is -0.330 e. The van der Waals surface area contributed by atoms with Crippen molar-refractivity contribution in [2.24, 2.45) is 5.73 Å². The standard InChI is InChI=1S/C9H23N3/c1-2-3-6-11-8-9-12-7-4-5-10/h11-12H,2-10H2,1H3. The zero-order chi connectivity index (χ0) is 9.07. The molecule has 0 aromatic carbocycles. The first-order valence-electron chi connectivity index (χ1n) is 5.03. The average Bonchev–Trinajstić information content (AvgIpc) is 2.10. The Kier molecular flexibility index (Phi) is 10.8. The summed E-state index contributed by atoms with van der Waals surface area (Å²) in [5.74, 6) is 0. The van der Waals surface area contributed by atoms with Gasteiger partial charge in [-0.3, -0.25) is 0 Å². The van der Waals surface area contributed by atoms with E-state index >= 15 is 0 Å². The smallest absolute Gasteiger partial charge is 0.00767 e. The number of rotatable bonds is 9. The van der Waals surface area contributed by atoms with Crippen LogP contribution in [0.3, 0.4) is 0 Å². The second kappa shape index (κ2) is 10.9. The highest BCUT2D eigenvalue weighted by Crippen LogP contribution is 1.80. The lowest BCUT2D eigenvalue weighted by molar-refractivity contribution is 0.585. The highest BCUT2D eigenvalue weighted by atomic mass is 14.9. The molecule has 0 bridgehead atoms. The van der Waals surface area contributed by atoms with Gasteiger partial charge in [-0.05, 0) is 32.5 Å². The van der Waals surface area contributed by atoms with Crippen molar-refractivity contribution in [3.05, 3.63) is 0 Å². The van der Waals surface area contributed by atoms with Crippen molar-refractivity contribution in [3.63, 3.8) is 0 Å². The van der Waals surface area contributed by atoms with Crippen LogP contribution in [0.1, 0.15) is 26.2 Å². The molecule has 0 saturated heterocycles. The molecule has 0 aliphatic heterocycles. The van der Waals surface area contributed by atoms with E-state index < -0.39 is 0 Å². The monoisotopic (exact) mass is 173 g/mol. The fourth-order valence-corrected chi connectivity index (χ4v) is 0.956. The van der Waals surface area contributed by atoms with Crippen molar-refractivity contribution in [2.75, 3.05) is 32.7 Å². The summed E-state index contributed by atoms with van der Waals surface area (Å²) in [4.78, 5) is 0. The SMILES string of the molecule is CCCCNCCNCCCN. The van der Waals surface area contributed by atoms with Crippen LogP contribution in [0, 0.1) is 0 Å². The molecule has 0 aromatic rings. The Morgan fingerprint density at radius 2 is 1.50 bits per heavy atom. The molecule has 0 unspecified atom stereocenters. The zero-order valence-electron chi connectivity index (χ0n) is 8.23. The number of hydrogen-bond acceptors (Lipinski definition) is 3. The van der Waals surface area contributed by atoms with Gasteiger partial charge in [0, 0.05) is 13.1 Å². The van der Waals surface area contributed by atoms with Gasteiger partial charge in [0.1, 0.15) is 0 Å². The van der Waals surface area contributed by atoms with Crippen molar-refractivity contribution in [2.45, 2.75) is 26.2 Å². The summed E-state index contributed by atoms with van der Waals surface area (Å²) in [5.41, 5.74) is 5.35. The van der Waals surface area contributed by atoms with Gasteiger partial charge in [-0.2, -0.15) is 0 Å². The van der Waals surface area contributed by atoms with Gasteiger partial charge in [0.15, 0.2) is 0 Å². The highest BCUT2D eigenvalue weighted by Gasteiger charge is 1.86. The second-order valence-electron chi connectivity index (χ2n) is 3.00. The van der Waals surface area contributed by atoms with Crippen LogP contribution in [0.2, 0.25) is 0 Å². The van der Waals surface area contributed by atoms with Gasteiger partial charge >= 0.3 is 0 Å². The second-order valence-corrected chi connectivity index (χ2v) is 3.00. The number of hydrogen-bond donors (Lipinski definition) is 3. The molecule has 3 nitrogen and oxygen atoms in total. The van der Waals surface area contributed by atoms with E-state index in [2.05, 4.69) is 17.6 Å². The zero-order valence-corrected chi connectivity index (χ0v) is 8.23. The van der Waals surface area contributed by atoms with E-state index in [0.717, 1.165) is 39.1 Å². The Hall–Kier alpha value is -0.120. The maximum Gasteiger partial charge on any atom is 0.00767 e. The third-order valence-corrected chi connectivity index (χ3v) is 1.74. The Bertz CT molecular complexity index is 66.2. The molecule has 0 heterocycles. The van der Waals surface area contributed by atoms with E-state index in [1.54, 1.807) is 0 Å². The van der Waals surface area contributed by atoms with Crippen LogP contribution in [0.25, 0.3) is 0 Å². The molecule has 0 amide bonds. The minimum absolute atomic E-state index is 0.788. The van der Waals surface area contributed by atoms with Crippen LogP contribution in [0.4, 0.5) is 0 Å². The molecular weight excluding hydrogens is 150 g/mol. The Balaban J connectivity index is 2.73. The van der Waals surface area contributed by atoms with Crippen LogP contribution >= 0.6 is 0 Å². The summed E-state index contributed by atoms with van der Waals surface area (Å²) < 4.78 is 0. The van der Waals surface area contributed by atoms with Gasteiger partial charge in [-0.1, -0.05) is 13.3 Å². The number of nitrogens with one attached hydrogen (secondary N) is 2. The van der Waals surface area contributed by atoms with Crippen molar-refractivity contribution < 1.29 is 0 Å². The predicted molar refractivity (Wildman–Crippen MR) is 54.3 cm³/mol. The Morgan fingerprint density at radius 3 is 2.00 bits per heavy atom. The fraction of sp³-hybridized carbons (Fsp3) is 1.00. The molecule has 74 valence electrons. The topological polar surface area (TPSA) is 50.1 Å². The molecule has 3 heteroatoms. The van der Waals surface area contributed by atoms with E-state index in [9.17, 15) is 0 Å². The highest BCUT2D eigenvalue weighted by molar-refractivity contribution is 4.52. The summed E-state index contributed by atoms with van der Waals surface area (Å²) in [6, 6.07) is 0. The van der Waals surface area contributed by atoms with E-state index in [1.807, 2.05) is 0 Å². The summed E-state index contributed by atoms with van der Waals surface area (Å²) in [6.45, 7) is 7.33. The molecule has 0 rings (SSSR count). The quantitative estimate of drug-likeness (QED) is 0.440. The Labute approximate surface area is 76.1 Å². The molecule has 0 saturated carbocycles.